The Bertz CT molecular complexity index is 1700. The number of aromatic amines is 1. The molecule has 2 aromatic carbocycles. The molecule has 4 heterocycles. The van der Waals surface area contributed by atoms with Gasteiger partial charge in [0, 0.05) is 42.3 Å². The molecule has 3 aromatic heterocycles. The third-order valence-electron chi connectivity index (χ3n) is 7.16. The normalized spacial score (nSPS) is 15.6. The second-order valence-electron chi connectivity index (χ2n) is 9.38. The van der Waals surface area contributed by atoms with Crippen LogP contribution in [0.25, 0.3) is 33.2 Å². The highest BCUT2D eigenvalue weighted by Crippen LogP contribution is 2.33. The Hall–Kier alpha value is -3.83. The standard InChI is InChI=1S/C26H26FN7O2S/c27-20-3-1-2-4-22(20)37(35,36)33-12-8-17(9-13-33)10-14-34-26-23(25(28)30-16-31-26)24(32-34)19-5-6-21-18(15-19)7-11-29-21/h1-7,11,15-17,29H,8-10,12-14H2,(H2,28,30,31). The van der Waals surface area contributed by atoms with Gasteiger partial charge in [0.2, 0.25) is 10.0 Å². The fourth-order valence-electron chi connectivity index (χ4n) is 5.13. The third kappa shape index (κ3) is 4.23. The van der Waals surface area contributed by atoms with Crippen molar-refractivity contribution in [3.8, 4) is 11.3 Å². The van der Waals surface area contributed by atoms with E-state index in [0.29, 0.717) is 49.9 Å². The van der Waals surface area contributed by atoms with Crippen LogP contribution < -0.4 is 5.73 Å². The fourth-order valence-corrected chi connectivity index (χ4v) is 6.66. The molecule has 6 rings (SSSR count). The molecule has 0 aliphatic carbocycles. The Labute approximate surface area is 213 Å². The number of hydrogen-bond acceptors (Lipinski definition) is 6. The smallest absolute Gasteiger partial charge is 0.245 e. The molecule has 1 aliphatic rings. The largest absolute Gasteiger partial charge is 0.383 e. The lowest BCUT2D eigenvalue weighted by atomic mass is 9.95. The van der Waals surface area contributed by atoms with Gasteiger partial charge >= 0.3 is 0 Å². The number of nitrogens with zero attached hydrogens (tertiary/aromatic N) is 5. The molecule has 0 saturated carbocycles. The quantitative estimate of drug-likeness (QED) is 0.347. The van der Waals surface area contributed by atoms with E-state index in [1.165, 1.54) is 34.9 Å². The zero-order valence-corrected chi connectivity index (χ0v) is 20.8. The van der Waals surface area contributed by atoms with Gasteiger partial charge in [-0.15, -0.1) is 0 Å². The molecule has 37 heavy (non-hydrogen) atoms. The Balaban J connectivity index is 1.19. The van der Waals surface area contributed by atoms with E-state index in [9.17, 15) is 12.8 Å². The van der Waals surface area contributed by atoms with Crippen LogP contribution in [0.15, 0.2) is 66.0 Å². The Kier molecular flexibility index (Phi) is 5.88. The summed E-state index contributed by atoms with van der Waals surface area (Å²) in [7, 11) is -3.85. The van der Waals surface area contributed by atoms with Crippen LogP contribution in [-0.4, -0.2) is 50.5 Å². The average molecular weight is 520 g/mol. The molecular weight excluding hydrogens is 493 g/mol. The second-order valence-corrected chi connectivity index (χ2v) is 11.3. The maximum atomic E-state index is 14.1. The molecule has 11 heteroatoms. The molecule has 1 fully saturated rings. The van der Waals surface area contributed by atoms with Crippen LogP contribution in [0.2, 0.25) is 0 Å². The van der Waals surface area contributed by atoms with E-state index in [0.717, 1.165) is 34.0 Å². The van der Waals surface area contributed by atoms with Crippen molar-refractivity contribution in [2.75, 3.05) is 18.8 Å². The van der Waals surface area contributed by atoms with Gasteiger partial charge in [-0.25, -0.2) is 27.5 Å². The van der Waals surface area contributed by atoms with Gasteiger partial charge in [0.1, 0.15) is 28.6 Å². The number of H-pyrrole nitrogens is 1. The van der Waals surface area contributed by atoms with Crippen LogP contribution in [0.4, 0.5) is 10.2 Å². The summed E-state index contributed by atoms with van der Waals surface area (Å²) in [5, 5.41) is 6.68. The van der Waals surface area contributed by atoms with Crippen LogP contribution in [0.3, 0.4) is 0 Å². The first-order chi connectivity index (χ1) is 17.9. The molecule has 5 aromatic rings. The molecule has 0 spiro atoms. The van der Waals surface area contributed by atoms with Crippen molar-refractivity contribution in [1.82, 2.24) is 29.0 Å². The molecular formula is C26H26FN7O2S. The molecule has 1 aliphatic heterocycles. The van der Waals surface area contributed by atoms with Gasteiger partial charge in [-0.05, 0) is 55.5 Å². The molecule has 190 valence electrons. The van der Waals surface area contributed by atoms with Crippen LogP contribution in [0.5, 0.6) is 0 Å². The first kappa shape index (κ1) is 23.6. The van der Waals surface area contributed by atoms with Gasteiger partial charge in [-0.1, -0.05) is 18.2 Å². The zero-order valence-electron chi connectivity index (χ0n) is 20.0. The number of nitrogens with one attached hydrogen (secondary N) is 1. The Morgan fingerprint density at radius 3 is 2.70 bits per heavy atom. The number of piperidine rings is 1. The average Bonchev–Trinajstić information content (AvgIpc) is 3.53. The summed E-state index contributed by atoms with van der Waals surface area (Å²) in [6, 6.07) is 13.6. The number of anilines is 1. The summed E-state index contributed by atoms with van der Waals surface area (Å²) in [6.07, 6.45) is 5.54. The number of sulfonamides is 1. The number of aryl methyl sites for hydroxylation is 1. The van der Waals surface area contributed by atoms with Crippen molar-refractivity contribution in [1.29, 1.82) is 0 Å². The highest BCUT2D eigenvalue weighted by Gasteiger charge is 2.31. The second kappa shape index (κ2) is 9.24. The molecule has 0 radical (unpaired) electrons. The van der Waals surface area contributed by atoms with Crippen LogP contribution in [0.1, 0.15) is 19.3 Å². The van der Waals surface area contributed by atoms with E-state index in [1.807, 2.05) is 29.1 Å². The number of rotatable bonds is 6. The van der Waals surface area contributed by atoms with Crippen LogP contribution in [-0.2, 0) is 16.6 Å². The summed E-state index contributed by atoms with van der Waals surface area (Å²) in [6.45, 7) is 1.33. The minimum absolute atomic E-state index is 0.265. The summed E-state index contributed by atoms with van der Waals surface area (Å²) in [4.78, 5) is 11.6. The lowest BCUT2D eigenvalue weighted by Crippen LogP contribution is -2.39. The predicted molar refractivity (Wildman–Crippen MR) is 140 cm³/mol. The molecule has 0 atom stereocenters. The molecule has 0 bridgehead atoms. The molecule has 0 unspecified atom stereocenters. The van der Waals surface area contributed by atoms with Gasteiger partial charge in [0.15, 0.2) is 5.65 Å². The fraction of sp³-hybridized carbons (Fsp3) is 0.269. The first-order valence-electron chi connectivity index (χ1n) is 12.2. The number of fused-ring (bicyclic) bond motifs is 2. The number of halogens is 1. The van der Waals surface area contributed by atoms with Crippen LogP contribution >= 0.6 is 0 Å². The van der Waals surface area contributed by atoms with Crippen LogP contribution in [0, 0.1) is 11.7 Å². The van der Waals surface area contributed by atoms with E-state index < -0.39 is 15.8 Å². The molecule has 0 amide bonds. The van der Waals surface area contributed by atoms with Crippen molar-refractivity contribution < 1.29 is 12.8 Å². The van der Waals surface area contributed by atoms with Gasteiger partial charge in [0.25, 0.3) is 0 Å². The minimum Gasteiger partial charge on any atom is -0.383 e. The molecule has 1 saturated heterocycles. The SMILES string of the molecule is Nc1ncnc2c1c(-c1ccc3[nH]ccc3c1)nn2CCC1CCN(S(=O)(=O)c2ccccc2F)CC1. The summed E-state index contributed by atoms with van der Waals surface area (Å²) in [5.74, 6) is -0.0276. The Morgan fingerprint density at radius 1 is 1.08 bits per heavy atom. The summed E-state index contributed by atoms with van der Waals surface area (Å²) >= 11 is 0. The van der Waals surface area contributed by atoms with E-state index >= 15 is 0 Å². The molecule has 9 nitrogen and oxygen atoms in total. The highest BCUT2D eigenvalue weighted by molar-refractivity contribution is 7.89. The van der Waals surface area contributed by atoms with Crippen molar-refractivity contribution in [2.45, 2.75) is 30.7 Å². The van der Waals surface area contributed by atoms with Gasteiger partial charge in [-0.2, -0.15) is 9.40 Å². The first-order valence-corrected chi connectivity index (χ1v) is 13.6. The maximum absolute atomic E-state index is 14.1. The number of nitrogen functional groups attached to an aromatic ring is 1. The lowest BCUT2D eigenvalue weighted by molar-refractivity contribution is 0.254. The van der Waals surface area contributed by atoms with Crippen molar-refractivity contribution in [3.63, 3.8) is 0 Å². The summed E-state index contributed by atoms with van der Waals surface area (Å²) < 4.78 is 43.2. The zero-order chi connectivity index (χ0) is 25.6. The van der Waals surface area contributed by atoms with Crippen molar-refractivity contribution >= 4 is 37.8 Å². The third-order valence-corrected chi connectivity index (χ3v) is 9.09. The van der Waals surface area contributed by atoms with Gasteiger partial charge in [-0.3, -0.25) is 0 Å². The van der Waals surface area contributed by atoms with Crippen molar-refractivity contribution in [3.05, 3.63) is 66.9 Å². The van der Waals surface area contributed by atoms with Crippen molar-refractivity contribution in [2.24, 2.45) is 5.92 Å². The van der Waals surface area contributed by atoms with E-state index in [1.54, 1.807) is 0 Å². The van der Waals surface area contributed by atoms with E-state index in [4.69, 9.17) is 10.8 Å². The van der Waals surface area contributed by atoms with E-state index in [-0.39, 0.29) is 4.90 Å². The Morgan fingerprint density at radius 2 is 1.89 bits per heavy atom. The summed E-state index contributed by atoms with van der Waals surface area (Å²) in [5.41, 5.74) is 9.65. The predicted octanol–water partition coefficient (Wildman–Crippen LogP) is 4.19. The number of nitrogens with two attached hydrogens (primary N) is 1. The number of aromatic nitrogens is 5. The van der Waals surface area contributed by atoms with E-state index in [2.05, 4.69) is 21.0 Å². The number of benzene rings is 2. The van der Waals surface area contributed by atoms with Gasteiger partial charge < -0.3 is 10.7 Å². The minimum atomic E-state index is -3.85. The maximum Gasteiger partial charge on any atom is 0.245 e. The topological polar surface area (TPSA) is 123 Å². The monoisotopic (exact) mass is 519 g/mol. The lowest BCUT2D eigenvalue weighted by Gasteiger charge is -2.31. The molecule has 3 N–H and O–H groups in total. The van der Waals surface area contributed by atoms with Gasteiger partial charge in [0.05, 0.1) is 5.39 Å². The highest BCUT2D eigenvalue weighted by atomic mass is 32.2. The number of hydrogen-bond donors (Lipinski definition) is 2.